The lowest BCUT2D eigenvalue weighted by molar-refractivity contribution is -0.137. The molecule has 3 N–H and O–H groups in total. The number of carbonyl (C=O) groups excluding carboxylic acids is 2. The smallest absolute Gasteiger partial charge is 0.305 e. The van der Waals surface area contributed by atoms with E-state index in [4.69, 9.17) is 5.11 Å². The highest BCUT2D eigenvalue weighted by atomic mass is 16.4. The number of amides is 2. The van der Waals surface area contributed by atoms with Crippen LogP contribution < -0.4 is 10.6 Å². The normalized spacial score (nSPS) is 10.5. The predicted molar refractivity (Wildman–Crippen MR) is 88.3 cm³/mol. The van der Waals surface area contributed by atoms with Crippen molar-refractivity contribution in [3.63, 3.8) is 0 Å². The summed E-state index contributed by atoms with van der Waals surface area (Å²) in [5.74, 6) is -1.78. The fourth-order valence-electron chi connectivity index (χ4n) is 2.12. The van der Waals surface area contributed by atoms with E-state index in [9.17, 15) is 14.4 Å². The Morgan fingerprint density at radius 1 is 1.28 bits per heavy atom. The predicted octanol–water partition coefficient (Wildman–Crippen LogP) is 0.483. The summed E-state index contributed by atoms with van der Waals surface area (Å²) in [5, 5.41) is 22.0. The van der Waals surface area contributed by atoms with E-state index >= 15 is 0 Å². The summed E-state index contributed by atoms with van der Waals surface area (Å²) in [6, 6.07) is 1.48. The number of nitrogens with one attached hydrogen (secondary N) is 2. The van der Waals surface area contributed by atoms with Gasteiger partial charge in [-0.2, -0.15) is 10.2 Å². The third kappa shape index (κ3) is 4.66. The second-order valence-electron chi connectivity index (χ2n) is 5.35. The number of anilines is 1. The van der Waals surface area contributed by atoms with Gasteiger partial charge in [0.15, 0.2) is 5.69 Å². The fraction of sp³-hybridized carbons (Fsp3) is 0.400. The Morgan fingerprint density at radius 3 is 2.72 bits per heavy atom. The standard InChI is InChI=1S/C15H20N6O4/c1-3-6-16-15(25)13-11(9-17-20(13)2)18-14(24)10-4-7-21(19-10)8-5-12(22)23/h4,7,9H,3,5-6,8H2,1-2H3,(H,16,25)(H,18,24)(H,22,23). The van der Waals surface area contributed by atoms with Gasteiger partial charge in [0, 0.05) is 19.8 Å². The molecular formula is C15H20N6O4. The molecule has 0 spiro atoms. The van der Waals surface area contributed by atoms with Gasteiger partial charge >= 0.3 is 5.97 Å². The molecule has 25 heavy (non-hydrogen) atoms. The van der Waals surface area contributed by atoms with Crippen LogP contribution in [-0.4, -0.2) is 49.0 Å². The second-order valence-corrected chi connectivity index (χ2v) is 5.35. The zero-order valence-electron chi connectivity index (χ0n) is 14.0. The van der Waals surface area contributed by atoms with Crippen LogP contribution in [-0.2, 0) is 18.4 Å². The van der Waals surface area contributed by atoms with Gasteiger partial charge in [0.05, 0.1) is 24.8 Å². The topological polar surface area (TPSA) is 131 Å². The van der Waals surface area contributed by atoms with E-state index in [0.29, 0.717) is 6.54 Å². The van der Waals surface area contributed by atoms with Crippen molar-refractivity contribution < 1.29 is 19.5 Å². The highest BCUT2D eigenvalue weighted by Crippen LogP contribution is 2.15. The third-order valence-corrected chi connectivity index (χ3v) is 3.37. The van der Waals surface area contributed by atoms with E-state index in [1.807, 2.05) is 6.92 Å². The molecule has 0 atom stereocenters. The number of rotatable bonds is 8. The molecule has 10 nitrogen and oxygen atoms in total. The van der Waals surface area contributed by atoms with Crippen LogP contribution in [0.1, 0.15) is 40.7 Å². The molecule has 0 saturated heterocycles. The first-order valence-electron chi connectivity index (χ1n) is 7.79. The van der Waals surface area contributed by atoms with Gasteiger partial charge in [0.25, 0.3) is 11.8 Å². The van der Waals surface area contributed by atoms with Crippen molar-refractivity contribution in [1.82, 2.24) is 24.9 Å². The lowest BCUT2D eigenvalue weighted by Gasteiger charge is -2.07. The van der Waals surface area contributed by atoms with Crippen LogP contribution in [0, 0.1) is 0 Å². The zero-order chi connectivity index (χ0) is 18.4. The molecule has 134 valence electrons. The average molecular weight is 348 g/mol. The van der Waals surface area contributed by atoms with Crippen molar-refractivity contribution in [2.24, 2.45) is 7.05 Å². The highest BCUT2D eigenvalue weighted by molar-refractivity contribution is 6.07. The number of aromatic nitrogens is 4. The maximum absolute atomic E-state index is 12.3. The number of nitrogens with zero attached hydrogens (tertiary/aromatic N) is 4. The minimum Gasteiger partial charge on any atom is -0.481 e. The van der Waals surface area contributed by atoms with Gasteiger partial charge in [-0.1, -0.05) is 6.92 Å². The summed E-state index contributed by atoms with van der Waals surface area (Å²) in [4.78, 5) is 35.0. The van der Waals surface area contributed by atoms with E-state index < -0.39 is 11.9 Å². The third-order valence-electron chi connectivity index (χ3n) is 3.37. The van der Waals surface area contributed by atoms with Crippen molar-refractivity contribution in [2.75, 3.05) is 11.9 Å². The molecule has 0 bridgehead atoms. The quantitative estimate of drug-likeness (QED) is 0.636. The van der Waals surface area contributed by atoms with Crippen LogP contribution >= 0.6 is 0 Å². The van der Waals surface area contributed by atoms with Gasteiger partial charge in [0.1, 0.15) is 5.69 Å². The Kier molecular flexibility index (Phi) is 5.88. The first-order chi connectivity index (χ1) is 11.9. The largest absolute Gasteiger partial charge is 0.481 e. The van der Waals surface area contributed by atoms with Gasteiger partial charge in [-0.3, -0.25) is 23.7 Å². The Morgan fingerprint density at radius 2 is 2.04 bits per heavy atom. The van der Waals surface area contributed by atoms with Crippen LogP contribution in [0.5, 0.6) is 0 Å². The molecule has 0 unspecified atom stereocenters. The molecule has 0 aliphatic rings. The molecule has 10 heteroatoms. The van der Waals surface area contributed by atoms with Crippen LogP contribution in [0.4, 0.5) is 5.69 Å². The molecule has 0 saturated carbocycles. The van der Waals surface area contributed by atoms with E-state index in [1.54, 1.807) is 7.05 Å². The number of aryl methyl sites for hydroxylation is 2. The second kappa shape index (κ2) is 8.08. The molecule has 0 aliphatic heterocycles. The van der Waals surface area contributed by atoms with Gasteiger partial charge in [-0.05, 0) is 12.5 Å². The van der Waals surface area contributed by atoms with E-state index in [-0.39, 0.29) is 35.9 Å². The van der Waals surface area contributed by atoms with Crippen molar-refractivity contribution in [3.05, 3.63) is 29.8 Å². The number of carboxylic acids is 1. The summed E-state index contributed by atoms with van der Waals surface area (Å²) in [6.07, 6.45) is 3.61. The van der Waals surface area contributed by atoms with Gasteiger partial charge < -0.3 is 15.7 Å². The highest BCUT2D eigenvalue weighted by Gasteiger charge is 2.19. The number of hydrogen-bond acceptors (Lipinski definition) is 5. The van der Waals surface area contributed by atoms with Crippen LogP contribution in [0.15, 0.2) is 18.5 Å². The molecule has 2 heterocycles. The van der Waals surface area contributed by atoms with Gasteiger partial charge in [-0.25, -0.2) is 0 Å². The minimum absolute atomic E-state index is 0.0902. The van der Waals surface area contributed by atoms with Crippen LogP contribution in [0.3, 0.4) is 0 Å². The maximum Gasteiger partial charge on any atom is 0.305 e. The van der Waals surface area contributed by atoms with Crippen molar-refractivity contribution in [3.8, 4) is 0 Å². The maximum atomic E-state index is 12.3. The fourth-order valence-corrected chi connectivity index (χ4v) is 2.12. The van der Waals surface area contributed by atoms with Crippen molar-refractivity contribution in [1.29, 1.82) is 0 Å². The van der Waals surface area contributed by atoms with Gasteiger partial charge in [0.2, 0.25) is 0 Å². The summed E-state index contributed by atoms with van der Waals surface area (Å²) in [7, 11) is 1.61. The van der Waals surface area contributed by atoms with Crippen LogP contribution in [0.2, 0.25) is 0 Å². The van der Waals surface area contributed by atoms with Crippen molar-refractivity contribution >= 4 is 23.5 Å². The number of aliphatic carboxylic acids is 1. The monoisotopic (exact) mass is 348 g/mol. The first kappa shape index (κ1) is 18.2. The molecule has 0 fully saturated rings. The minimum atomic E-state index is -0.945. The SMILES string of the molecule is CCCNC(=O)c1c(NC(=O)c2ccn(CCC(=O)O)n2)cnn1C. The lowest BCUT2D eigenvalue weighted by atomic mass is 10.3. The molecule has 2 rings (SSSR count). The Bertz CT molecular complexity index is 779. The molecule has 2 aromatic heterocycles. The zero-order valence-corrected chi connectivity index (χ0v) is 14.0. The summed E-state index contributed by atoms with van der Waals surface area (Å²) in [5.41, 5.74) is 0.641. The van der Waals surface area contributed by atoms with Crippen LogP contribution in [0.25, 0.3) is 0 Å². The van der Waals surface area contributed by atoms with Gasteiger partial charge in [-0.15, -0.1) is 0 Å². The Labute approximate surface area is 143 Å². The summed E-state index contributed by atoms with van der Waals surface area (Å²) < 4.78 is 2.76. The number of carboxylic acid groups (broad SMARTS) is 1. The lowest BCUT2D eigenvalue weighted by Crippen LogP contribution is -2.27. The Balaban J connectivity index is 2.08. The number of hydrogen-bond donors (Lipinski definition) is 3. The molecule has 0 radical (unpaired) electrons. The molecule has 2 amide bonds. The molecular weight excluding hydrogens is 328 g/mol. The Hall–Kier alpha value is -3.17. The molecule has 0 aromatic carbocycles. The van der Waals surface area contributed by atoms with E-state index in [1.165, 1.54) is 27.8 Å². The summed E-state index contributed by atoms with van der Waals surface area (Å²) >= 11 is 0. The average Bonchev–Trinajstić information content (AvgIpc) is 3.18. The van der Waals surface area contributed by atoms with E-state index in [2.05, 4.69) is 20.8 Å². The molecule has 0 aliphatic carbocycles. The summed E-state index contributed by atoms with van der Waals surface area (Å²) in [6.45, 7) is 2.62. The van der Waals surface area contributed by atoms with E-state index in [0.717, 1.165) is 6.42 Å². The van der Waals surface area contributed by atoms with Crippen molar-refractivity contribution in [2.45, 2.75) is 26.3 Å². The first-order valence-corrected chi connectivity index (χ1v) is 7.79. The number of carbonyl (C=O) groups is 3. The molecule has 2 aromatic rings.